The second kappa shape index (κ2) is 5.29. The van der Waals surface area contributed by atoms with Crippen molar-refractivity contribution in [3.8, 4) is 0 Å². The van der Waals surface area contributed by atoms with Crippen molar-refractivity contribution in [3.63, 3.8) is 0 Å². The molecule has 0 saturated heterocycles. The number of aryl methyl sites for hydroxylation is 1. The Morgan fingerprint density at radius 1 is 1.15 bits per heavy atom. The van der Waals surface area contributed by atoms with Gasteiger partial charge in [0.05, 0.1) is 0 Å². The Kier molecular flexibility index (Phi) is 3.49. The van der Waals surface area contributed by atoms with Crippen LogP contribution in [0.25, 0.3) is 0 Å². The normalized spacial score (nSPS) is 17.6. The van der Waals surface area contributed by atoms with Crippen LogP contribution in [-0.2, 0) is 6.42 Å². The Morgan fingerprint density at radius 2 is 1.95 bits per heavy atom. The van der Waals surface area contributed by atoms with Crippen LogP contribution in [0, 0.1) is 0 Å². The van der Waals surface area contributed by atoms with Crippen LogP contribution in [0.3, 0.4) is 0 Å². The van der Waals surface area contributed by atoms with E-state index in [2.05, 4.69) is 6.07 Å². The van der Waals surface area contributed by atoms with Crippen LogP contribution < -0.4 is 5.73 Å². The molecule has 0 aromatic heterocycles. The van der Waals surface area contributed by atoms with Crippen molar-refractivity contribution in [2.75, 3.05) is 0 Å². The fourth-order valence-corrected chi connectivity index (χ4v) is 3.30. The fraction of sp³-hybridized carbons (Fsp3) is 0.235. The van der Waals surface area contributed by atoms with E-state index in [0.29, 0.717) is 5.56 Å². The Hall–Kier alpha value is -1.80. The van der Waals surface area contributed by atoms with Gasteiger partial charge < -0.3 is 5.73 Å². The number of halogens is 1. The lowest BCUT2D eigenvalue weighted by Gasteiger charge is -2.27. The number of fused-ring (bicyclic) bond motifs is 1. The van der Waals surface area contributed by atoms with Gasteiger partial charge in [0.15, 0.2) is 0 Å². The molecule has 2 aromatic carbocycles. The summed E-state index contributed by atoms with van der Waals surface area (Å²) in [5.74, 6) is -0.157. The van der Waals surface area contributed by atoms with Crippen LogP contribution >= 0.6 is 11.6 Å². The second-order valence-corrected chi connectivity index (χ2v) is 5.68. The highest BCUT2D eigenvalue weighted by Crippen LogP contribution is 2.39. The van der Waals surface area contributed by atoms with Crippen molar-refractivity contribution in [3.05, 3.63) is 69.7 Å². The average molecular weight is 286 g/mol. The summed E-state index contributed by atoms with van der Waals surface area (Å²) >= 11 is 6.14. The van der Waals surface area contributed by atoms with E-state index in [0.717, 1.165) is 29.8 Å². The first kappa shape index (κ1) is 13.2. The van der Waals surface area contributed by atoms with Gasteiger partial charge in [0.2, 0.25) is 5.91 Å². The molecule has 102 valence electrons. The summed E-state index contributed by atoms with van der Waals surface area (Å²) in [7, 11) is 0. The number of benzene rings is 2. The molecule has 1 amide bonds. The highest BCUT2D eigenvalue weighted by Gasteiger charge is 2.25. The molecule has 2 nitrogen and oxygen atoms in total. The van der Waals surface area contributed by atoms with E-state index in [4.69, 9.17) is 17.3 Å². The lowest BCUT2D eigenvalue weighted by molar-refractivity contribution is 0.0999. The van der Waals surface area contributed by atoms with Gasteiger partial charge >= 0.3 is 0 Å². The van der Waals surface area contributed by atoms with E-state index in [1.165, 1.54) is 11.1 Å². The van der Waals surface area contributed by atoms with Crippen molar-refractivity contribution in [2.24, 2.45) is 5.73 Å². The predicted octanol–water partition coefficient (Wildman–Crippen LogP) is 3.91. The number of hydrogen-bond acceptors (Lipinski definition) is 1. The minimum atomic E-state index is -0.366. The van der Waals surface area contributed by atoms with Crippen molar-refractivity contribution in [2.45, 2.75) is 25.2 Å². The molecule has 2 N–H and O–H groups in total. The van der Waals surface area contributed by atoms with Gasteiger partial charge in [-0.1, -0.05) is 35.9 Å². The Balaban J connectivity index is 2.14. The Morgan fingerprint density at radius 3 is 2.75 bits per heavy atom. The van der Waals surface area contributed by atoms with Crippen LogP contribution in [0.4, 0.5) is 0 Å². The maximum absolute atomic E-state index is 11.6. The number of primary amides is 1. The van der Waals surface area contributed by atoms with Crippen molar-refractivity contribution in [1.29, 1.82) is 0 Å². The fourth-order valence-electron chi connectivity index (χ4n) is 3.12. The molecular weight excluding hydrogens is 270 g/mol. The van der Waals surface area contributed by atoms with Gasteiger partial charge in [0.1, 0.15) is 0 Å². The Bertz CT molecular complexity index is 666. The molecule has 20 heavy (non-hydrogen) atoms. The highest BCUT2D eigenvalue weighted by atomic mass is 35.5. The van der Waals surface area contributed by atoms with Crippen LogP contribution in [0.2, 0.25) is 5.02 Å². The molecule has 0 saturated carbocycles. The number of amides is 1. The average Bonchev–Trinajstić information content (AvgIpc) is 2.46. The molecule has 1 aliphatic rings. The Labute approximate surface area is 123 Å². The molecule has 0 unspecified atom stereocenters. The van der Waals surface area contributed by atoms with E-state index in [1.807, 2.05) is 30.3 Å². The summed E-state index contributed by atoms with van der Waals surface area (Å²) in [6.07, 6.45) is 3.21. The van der Waals surface area contributed by atoms with E-state index in [9.17, 15) is 4.79 Å². The quantitative estimate of drug-likeness (QED) is 0.893. The topological polar surface area (TPSA) is 43.1 Å². The number of hydrogen-bond donors (Lipinski definition) is 1. The summed E-state index contributed by atoms with van der Waals surface area (Å²) in [4.78, 5) is 11.6. The van der Waals surface area contributed by atoms with E-state index < -0.39 is 0 Å². The molecule has 0 fully saturated rings. The van der Waals surface area contributed by atoms with Gasteiger partial charge in [-0.3, -0.25) is 4.79 Å². The van der Waals surface area contributed by atoms with Crippen LogP contribution in [0.15, 0.2) is 42.5 Å². The summed E-state index contributed by atoms with van der Waals surface area (Å²) < 4.78 is 0. The van der Waals surface area contributed by atoms with Gasteiger partial charge in [-0.05, 0) is 54.2 Å². The van der Waals surface area contributed by atoms with Gasteiger partial charge in [-0.15, -0.1) is 0 Å². The smallest absolute Gasteiger partial charge is 0.248 e. The van der Waals surface area contributed by atoms with Crippen molar-refractivity contribution >= 4 is 17.5 Å². The largest absolute Gasteiger partial charge is 0.366 e. The monoisotopic (exact) mass is 285 g/mol. The number of carbonyl (C=O) groups excluding carboxylic acids is 1. The third kappa shape index (κ3) is 2.32. The zero-order valence-corrected chi connectivity index (χ0v) is 11.9. The van der Waals surface area contributed by atoms with Crippen molar-refractivity contribution < 1.29 is 4.79 Å². The number of carbonyl (C=O) groups is 1. The molecule has 0 aliphatic heterocycles. The van der Waals surface area contributed by atoms with Crippen LogP contribution in [0.5, 0.6) is 0 Å². The third-order valence-electron chi connectivity index (χ3n) is 4.02. The summed E-state index contributed by atoms with van der Waals surface area (Å²) in [6.45, 7) is 0. The number of nitrogens with two attached hydrogens (primary N) is 1. The standard InChI is InChI=1S/C17H16ClNO/c18-12-9-8-11-4-3-7-14(16(11)10-12)13-5-1-2-6-15(13)17(19)20/h1-2,5-6,8-10,14H,3-4,7H2,(H2,19,20)/t14-/m0/s1. The molecule has 0 heterocycles. The summed E-state index contributed by atoms with van der Waals surface area (Å²) in [6, 6.07) is 13.7. The maximum atomic E-state index is 11.6. The predicted molar refractivity (Wildman–Crippen MR) is 81.2 cm³/mol. The molecule has 1 aliphatic carbocycles. The molecule has 3 rings (SSSR count). The highest BCUT2D eigenvalue weighted by molar-refractivity contribution is 6.30. The molecule has 0 radical (unpaired) electrons. The van der Waals surface area contributed by atoms with Crippen molar-refractivity contribution in [1.82, 2.24) is 0 Å². The minimum absolute atomic E-state index is 0.209. The van der Waals surface area contributed by atoms with Gasteiger partial charge in [0, 0.05) is 16.5 Å². The zero-order valence-electron chi connectivity index (χ0n) is 11.1. The number of rotatable bonds is 2. The first-order chi connectivity index (χ1) is 9.66. The minimum Gasteiger partial charge on any atom is -0.366 e. The summed E-state index contributed by atoms with van der Waals surface area (Å²) in [5, 5.41) is 0.743. The third-order valence-corrected chi connectivity index (χ3v) is 4.26. The van der Waals surface area contributed by atoms with E-state index >= 15 is 0 Å². The SMILES string of the molecule is NC(=O)c1ccccc1[C@@H]1CCCc2ccc(Cl)cc21. The van der Waals surface area contributed by atoms with Gasteiger partial charge in [-0.25, -0.2) is 0 Å². The van der Waals surface area contributed by atoms with E-state index in [-0.39, 0.29) is 11.8 Å². The lowest BCUT2D eigenvalue weighted by atomic mass is 9.77. The first-order valence-electron chi connectivity index (χ1n) is 6.84. The van der Waals surface area contributed by atoms with Gasteiger partial charge in [0.25, 0.3) is 0 Å². The maximum Gasteiger partial charge on any atom is 0.248 e. The first-order valence-corrected chi connectivity index (χ1v) is 7.21. The van der Waals surface area contributed by atoms with Gasteiger partial charge in [-0.2, -0.15) is 0 Å². The molecule has 0 spiro atoms. The molecule has 3 heteroatoms. The molecular formula is C17H16ClNO. The van der Waals surface area contributed by atoms with Crippen LogP contribution in [0.1, 0.15) is 45.8 Å². The van der Waals surface area contributed by atoms with Crippen LogP contribution in [-0.4, -0.2) is 5.91 Å². The molecule has 0 bridgehead atoms. The lowest BCUT2D eigenvalue weighted by Crippen LogP contribution is -2.18. The van der Waals surface area contributed by atoms with E-state index in [1.54, 1.807) is 6.07 Å². The summed E-state index contributed by atoms with van der Waals surface area (Å²) in [5.41, 5.74) is 9.70. The molecule has 2 aromatic rings. The molecule has 1 atom stereocenters. The zero-order chi connectivity index (χ0) is 14.1. The second-order valence-electron chi connectivity index (χ2n) is 5.24.